The van der Waals surface area contributed by atoms with E-state index in [1.807, 2.05) is 0 Å². The Bertz CT molecular complexity index is 31.9. The third-order valence-electron chi connectivity index (χ3n) is 1.39. The molecule has 0 amide bonds. The molecule has 0 unspecified atom stereocenters. The molecule has 3 heteroatoms. The van der Waals surface area contributed by atoms with E-state index >= 15 is 0 Å². The van der Waals surface area contributed by atoms with Crippen molar-refractivity contribution in [3.63, 3.8) is 0 Å². The van der Waals surface area contributed by atoms with Crippen LogP contribution < -0.4 is 0 Å². The fraction of sp³-hybridized carbons (Fsp3) is 1.00. The second-order valence-electron chi connectivity index (χ2n) is 2.04. The highest BCUT2D eigenvalue weighted by atomic mass is 13.6. The molecule has 0 bridgehead atoms. The minimum absolute atomic E-state index is 1.06. The van der Waals surface area contributed by atoms with Crippen LogP contribution in [0.1, 0.15) is 0 Å². The first-order valence-corrected chi connectivity index (χ1v) is 2.39. The molecule has 0 aliphatic carbocycles. The van der Waals surface area contributed by atoms with Crippen molar-refractivity contribution in [3.8, 4) is 0 Å². The molecule has 1 fully saturated rings. The van der Waals surface area contributed by atoms with Gasteiger partial charge in [0.25, 0.3) is 0 Å². The summed E-state index contributed by atoms with van der Waals surface area (Å²) in [6.07, 6.45) is 2.97. The van der Waals surface area contributed by atoms with Crippen LogP contribution in [-0.4, -0.2) is 21.4 Å². The first-order chi connectivity index (χ1) is 2.39. The lowest BCUT2D eigenvalue weighted by Crippen LogP contribution is -2.32. The molecule has 5 heavy (non-hydrogen) atoms. The summed E-state index contributed by atoms with van der Waals surface area (Å²) in [5.41, 5.74) is 0. The Morgan fingerprint density at radius 1 is 1.80 bits per heavy atom. The summed E-state index contributed by atoms with van der Waals surface area (Å²) in [6, 6.07) is 0. The highest BCUT2D eigenvalue weighted by Gasteiger charge is 2.15. The Morgan fingerprint density at radius 2 is 2.20 bits per heavy atom. The third-order valence-corrected chi connectivity index (χ3v) is 1.39. The normalized spacial score (nSPS) is 20.4. The van der Waals surface area contributed by atoms with Gasteiger partial charge < -0.3 is 0 Å². The molecule has 1 saturated heterocycles. The van der Waals surface area contributed by atoms with Crippen molar-refractivity contribution in [2.75, 3.05) is 0 Å². The minimum Gasteiger partial charge on any atom is -0.0955 e. The Balaban J connectivity index is 2.08. The van der Waals surface area contributed by atoms with Crippen molar-refractivity contribution in [3.05, 3.63) is 0 Å². The van der Waals surface area contributed by atoms with E-state index in [0.29, 0.717) is 0 Å². The van der Waals surface area contributed by atoms with Gasteiger partial charge in [-0.2, -0.15) is 0 Å². The van der Waals surface area contributed by atoms with E-state index in [0.717, 1.165) is 6.49 Å². The Hall–Kier alpha value is 0.195. The average molecular weight is 63.5 g/mol. The van der Waals surface area contributed by atoms with E-state index in [4.69, 9.17) is 0 Å². The third kappa shape index (κ3) is 0.527. The quantitative estimate of drug-likeness (QED) is 0.316. The van der Waals surface area contributed by atoms with E-state index in [1.165, 1.54) is 19.8 Å². The van der Waals surface area contributed by atoms with Crippen LogP contribution in [0.3, 0.4) is 0 Å². The maximum absolute atomic E-state index is 2.31. The summed E-state index contributed by atoms with van der Waals surface area (Å²) in [7, 11) is 3.80. The van der Waals surface area contributed by atoms with Gasteiger partial charge in [0.2, 0.25) is 0 Å². The molecule has 1 aliphatic rings. The molecule has 0 aromatic carbocycles. The number of rotatable bonds is 0. The van der Waals surface area contributed by atoms with Gasteiger partial charge in [-0.3, -0.25) is 0 Å². The summed E-state index contributed by atoms with van der Waals surface area (Å²) in [5, 5.41) is 0. The Labute approximate surface area is 35.0 Å². The molecule has 0 radical (unpaired) electrons. The van der Waals surface area contributed by atoms with E-state index in [2.05, 4.69) is 7.74 Å². The summed E-state index contributed by atoms with van der Waals surface area (Å²) in [4.78, 5) is 0. The molecule has 0 atom stereocenters. The van der Waals surface area contributed by atoms with Gasteiger partial charge in [-0.05, 0) is 0 Å². The monoisotopic (exact) mass is 64.1 g/mol. The van der Waals surface area contributed by atoms with Crippen molar-refractivity contribution >= 4 is 21.4 Å². The fourth-order valence-corrected chi connectivity index (χ4v) is 0.612. The predicted octanol–water partition coefficient (Wildman–Crippen LogP) is -1.02. The second kappa shape index (κ2) is 1.12. The molecule has 0 aromatic rings. The lowest BCUT2D eigenvalue weighted by atomic mass is 9.00. The molecule has 24 valence electrons. The van der Waals surface area contributed by atoms with E-state index in [9.17, 15) is 0 Å². The van der Waals surface area contributed by atoms with Crippen LogP contribution in [0.4, 0.5) is 0 Å². The molecular formula is C2H7B3. The highest BCUT2D eigenvalue weighted by molar-refractivity contribution is 7.38. The van der Waals surface area contributed by atoms with E-state index in [-0.39, 0.29) is 0 Å². The molecule has 1 heterocycles. The van der Waals surface area contributed by atoms with Gasteiger partial charge in [-0.15, -0.1) is 0 Å². The van der Waals surface area contributed by atoms with Crippen LogP contribution in [0.5, 0.6) is 0 Å². The standard InChI is InChI=1S/C2H7B3/c3-5-2-1-4-5/h4H,1-3H2. The zero-order valence-corrected chi connectivity index (χ0v) is 3.70. The molecule has 0 aromatic heterocycles. The van der Waals surface area contributed by atoms with Crippen molar-refractivity contribution in [2.24, 2.45) is 0 Å². The fourth-order valence-electron chi connectivity index (χ4n) is 0.612. The van der Waals surface area contributed by atoms with Crippen molar-refractivity contribution in [2.45, 2.75) is 12.6 Å². The van der Waals surface area contributed by atoms with Crippen molar-refractivity contribution < 1.29 is 0 Å². The molecule has 0 nitrogen and oxygen atoms in total. The first kappa shape index (κ1) is 3.39. The van der Waals surface area contributed by atoms with Crippen LogP contribution in [-0.2, 0) is 0 Å². The molecule has 0 saturated carbocycles. The maximum Gasteiger partial charge on any atom is 0.0813 e. The Kier molecular flexibility index (Phi) is 0.756. The highest BCUT2D eigenvalue weighted by Crippen LogP contribution is 2.05. The molecule has 0 spiro atoms. The minimum atomic E-state index is 1.06. The van der Waals surface area contributed by atoms with Gasteiger partial charge in [0.05, 0.1) is 21.4 Å². The zero-order chi connectivity index (χ0) is 3.70. The van der Waals surface area contributed by atoms with Crippen LogP contribution in [0, 0.1) is 0 Å². The van der Waals surface area contributed by atoms with Gasteiger partial charge in [0.15, 0.2) is 0 Å². The summed E-state index contributed by atoms with van der Waals surface area (Å²) in [6.45, 7) is 1.06. The van der Waals surface area contributed by atoms with Crippen molar-refractivity contribution in [1.29, 1.82) is 0 Å². The smallest absolute Gasteiger partial charge is 0.0813 e. The van der Waals surface area contributed by atoms with Gasteiger partial charge in [0.1, 0.15) is 0 Å². The zero-order valence-electron chi connectivity index (χ0n) is 3.70. The van der Waals surface area contributed by atoms with Crippen LogP contribution in [0.25, 0.3) is 0 Å². The van der Waals surface area contributed by atoms with Crippen LogP contribution in [0.2, 0.25) is 12.6 Å². The van der Waals surface area contributed by atoms with Gasteiger partial charge >= 0.3 is 0 Å². The first-order valence-electron chi connectivity index (χ1n) is 2.39. The summed E-state index contributed by atoms with van der Waals surface area (Å²) < 4.78 is 0. The summed E-state index contributed by atoms with van der Waals surface area (Å²) >= 11 is 0. The summed E-state index contributed by atoms with van der Waals surface area (Å²) in [5.74, 6) is 0. The maximum atomic E-state index is 2.31. The van der Waals surface area contributed by atoms with Gasteiger partial charge in [0, 0.05) is 0 Å². The average Bonchev–Trinajstić information content (AvgIpc) is 1.30. The lowest BCUT2D eigenvalue weighted by Gasteiger charge is -2.13. The molecule has 0 N–H and O–H groups in total. The SMILES string of the molecule is BB1BCC1. The topological polar surface area (TPSA) is 0 Å². The molecule has 1 rings (SSSR count). The number of hydrogen-bond acceptors (Lipinski definition) is 0. The van der Waals surface area contributed by atoms with Gasteiger partial charge in [-0.25, -0.2) is 0 Å². The van der Waals surface area contributed by atoms with Gasteiger partial charge in [-0.1, -0.05) is 12.6 Å². The number of hydrogen-bond donors (Lipinski definition) is 0. The predicted molar refractivity (Wildman–Crippen MR) is 31.1 cm³/mol. The van der Waals surface area contributed by atoms with Crippen LogP contribution >= 0.6 is 0 Å². The Morgan fingerprint density at radius 3 is 2.20 bits per heavy atom. The molecule has 1 aliphatic heterocycles. The van der Waals surface area contributed by atoms with Crippen molar-refractivity contribution in [1.82, 2.24) is 0 Å². The lowest BCUT2D eigenvalue weighted by molar-refractivity contribution is 1.39. The largest absolute Gasteiger partial charge is 0.0955 e. The molecular weight excluding hydrogens is 56.5 g/mol. The van der Waals surface area contributed by atoms with E-state index < -0.39 is 0 Å². The van der Waals surface area contributed by atoms with Crippen LogP contribution in [0.15, 0.2) is 0 Å². The second-order valence-corrected chi connectivity index (χ2v) is 2.04. The van der Waals surface area contributed by atoms with E-state index in [1.54, 1.807) is 0 Å².